The smallest absolute Gasteiger partial charge is 0.410 e. The van der Waals surface area contributed by atoms with Gasteiger partial charge in [-0.2, -0.15) is 0 Å². The van der Waals surface area contributed by atoms with Crippen LogP contribution in [0.15, 0.2) is 30.3 Å². The number of rotatable bonds is 5. The Labute approximate surface area is 192 Å². The van der Waals surface area contributed by atoms with Crippen molar-refractivity contribution < 1.29 is 13.9 Å². The first-order chi connectivity index (χ1) is 15.0. The zero-order chi connectivity index (χ0) is 23.3. The van der Waals surface area contributed by atoms with Crippen LogP contribution in [0.4, 0.5) is 9.18 Å². The molecule has 3 aromatic rings. The zero-order valence-corrected chi connectivity index (χ0v) is 19.8. The second kappa shape index (κ2) is 8.03. The minimum absolute atomic E-state index is 0.0720. The quantitative estimate of drug-likeness (QED) is 0.450. The van der Waals surface area contributed by atoms with Gasteiger partial charge in [0.15, 0.2) is 0 Å². The summed E-state index contributed by atoms with van der Waals surface area (Å²) in [6.07, 6.45) is 1.65. The lowest BCUT2D eigenvalue weighted by Crippen LogP contribution is -2.38. The number of fused-ring (bicyclic) bond motifs is 1. The Morgan fingerprint density at radius 3 is 2.62 bits per heavy atom. The van der Waals surface area contributed by atoms with Crippen molar-refractivity contribution in [3.8, 4) is 11.3 Å². The fraction of sp³-hybridized carbons (Fsp3) is 0.458. The largest absolute Gasteiger partial charge is 0.444 e. The van der Waals surface area contributed by atoms with Crippen LogP contribution in [0.5, 0.6) is 0 Å². The summed E-state index contributed by atoms with van der Waals surface area (Å²) in [5.74, 6) is 0.421. The van der Waals surface area contributed by atoms with Gasteiger partial charge in [-0.1, -0.05) is 17.7 Å². The van der Waals surface area contributed by atoms with Crippen molar-refractivity contribution >= 4 is 28.7 Å². The van der Waals surface area contributed by atoms with E-state index in [0.29, 0.717) is 35.0 Å². The molecule has 0 radical (unpaired) electrons. The number of aromatic nitrogens is 3. The van der Waals surface area contributed by atoms with E-state index in [1.807, 2.05) is 33.8 Å². The maximum Gasteiger partial charge on any atom is 0.410 e. The van der Waals surface area contributed by atoms with E-state index in [-0.39, 0.29) is 17.3 Å². The lowest BCUT2D eigenvalue weighted by atomic mass is 10.1. The molecule has 4 rings (SSSR count). The average Bonchev–Trinajstić information content (AvgIpc) is 3.36. The molecule has 1 saturated carbocycles. The first kappa shape index (κ1) is 22.5. The van der Waals surface area contributed by atoms with E-state index in [0.717, 1.165) is 24.2 Å². The molecular weight excluding hydrogens is 431 g/mol. The summed E-state index contributed by atoms with van der Waals surface area (Å²) in [4.78, 5) is 23.1. The molecule has 1 amide bonds. The predicted octanol–water partition coefficient (Wildman–Crippen LogP) is 5.85. The molecule has 170 valence electrons. The highest BCUT2D eigenvalue weighted by atomic mass is 35.5. The number of benzene rings is 1. The third-order valence-electron chi connectivity index (χ3n) is 5.72. The van der Waals surface area contributed by atoms with E-state index in [4.69, 9.17) is 16.3 Å². The minimum Gasteiger partial charge on any atom is -0.444 e. The lowest BCUT2D eigenvalue weighted by Gasteiger charge is -2.28. The van der Waals surface area contributed by atoms with Crippen molar-refractivity contribution in [2.75, 3.05) is 13.6 Å². The molecular formula is C24H28ClFN4O2. The van der Waals surface area contributed by atoms with E-state index in [1.54, 1.807) is 24.1 Å². The van der Waals surface area contributed by atoms with Crippen molar-refractivity contribution in [2.24, 2.45) is 5.41 Å². The molecule has 32 heavy (non-hydrogen) atoms. The van der Waals surface area contributed by atoms with Crippen LogP contribution in [0.3, 0.4) is 0 Å². The summed E-state index contributed by atoms with van der Waals surface area (Å²) in [5.41, 5.74) is 2.04. The van der Waals surface area contributed by atoms with Crippen molar-refractivity contribution in [1.82, 2.24) is 19.4 Å². The number of carbonyl (C=O) groups excluding carboxylic acids is 1. The summed E-state index contributed by atoms with van der Waals surface area (Å²) in [6, 6.07) is 8.23. The molecule has 8 heteroatoms. The van der Waals surface area contributed by atoms with Gasteiger partial charge in [-0.05, 0) is 58.7 Å². The number of aryl methyl sites for hydroxylation is 1. The van der Waals surface area contributed by atoms with Crippen molar-refractivity contribution in [3.05, 3.63) is 47.1 Å². The SMILES string of the molecule is Cc1nc2cc(F)cc(-c3cccc(Cl)n3)c2n1CC1(CN(C)C(=O)OC(C)(C)C)CC1. The van der Waals surface area contributed by atoms with Crippen LogP contribution in [0, 0.1) is 18.2 Å². The molecule has 2 aromatic heterocycles. The number of ether oxygens (including phenoxy) is 1. The van der Waals surface area contributed by atoms with Gasteiger partial charge >= 0.3 is 6.09 Å². The third kappa shape index (κ3) is 4.72. The van der Waals surface area contributed by atoms with Gasteiger partial charge in [0.2, 0.25) is 0 Å². The fourth-order valence-corrected chi connectivity index (χ4v) is 4.25. The second-order valence-electron chi connectivity index (χ2n) is 9.75. The van der Waals surface area contributed by atoms with Crippen molar-refractivity contribution in [1.29, 1.82) is 0 Å². The Morgan fingerprint density at radius 1 is 1.28 bits per heavy atom. The average molecular weight is 459 g/mol. The van der Waals surface area contributed by atoms with Gasteiger partial charge in [0, 0.05) is 37.2 Å². The minimum atomic E-state index is -0.540. The highest BCUT2D eigenvalue weighted by molar-refractivity contribution is 6.29. The Balaban J connectivity index is 1.68. The molecule has 1 aromatic carbocycles. The van der Waals surface area contributed by atoms with Crippen LogP contribution in [0.2, 0.25) is 5.15 Å². The molecule has 0 unspecified atom stereocenters. The molecule has 0 aliphatic heterocycles. The fourth-order valence-electron chi connectivity index (χ4n) is 4.08. The van der Waals surface area contributed by atoms with E-state index in [1.165, 1.54) is 12.1 Å². The molecule has 0 atom stereocenters. The molecule has 0 N–H and O–H groups in total. The van der Waals surface area contributed by atoms with Crippen LogP contribution >= 0.6 is 11.6 Å². The maximum atomic E-state index is 14.4. The van der Waals surface area contributed by atoms with E-state index in [9.17, 15) is 9.18 Å². The summed E-state index contributed by atoms with van der Waals surface area (Å²) < 4.78 is 22.0. The Bertz CT molecular complexity index is 1180. The summed E-state index contributed by atoms with van der Waals surface area (Å²) in [5, 5.41) is 0.348. The van der Waals surface area contributed by atoms with Crippen LogP contribution < -0.4 is 0 Å². The Hall–Kier alpha value is -2.67. The third-order valence-corrected chi connectivity index (χ3v) is 5.93. The van der Waals surface area contributed by atoms with Crippen molar-refractivity contribution in [2.45, 2.75) is 52.7 Å². The summed E-state index contributed by atoms with van der Waals surface area (Å²) >= 11 is 6.10. The number of hydrogen-bond acceptors (Lipinski definition) is 4. The van der Waals surface area contributed by atoms with Gasteiger partial charge in [0.05, 0.1) is 16.7 Å². The number of imidazole rings is 1. The van der Waals surface area contributed by atoms with Gasteiger partial charge in [-0.25, -0.2) is 19.2 Å². The number of carbonyl (C=O) groups is 1. The highest BCUT2D eigenvalue weighted by Gasteiger charge is 2.45. The van der Waals surface area contributed by atoms with Gasteiger partial charge in [-0.15, -0.1) is 0 Å². The van der Waals surface area contributed by atoms with E-state index >= 15 is 0 Å². The number of nitrogens with zero attached hydrogens (tertiary/aromatic N) is 4. The van der Waals surface area contributed by atoms with E-state index in [2.05, 4.69) is 14.5 Å². The standard InChI is InChI=1S/C24H28ClFN4O2/c1-15-27-19-12-16(26)11-17(18-7-6-8-20(25)28-18)21(19)30(15)14-24(9-10-24)13-29(5)22(31)32-23(2,3)4/h6-8,11-12H,9-10,13-14H2,1-5H3. The maximum absolute atomic E-state index is 14.4. The highest BCUT2D eigenvalue weighted by Crippen LogP contribution is 2.49. The Morgan fingerprint density at radius 2 is 2.00 bits per heavy atom. The first-order valence-electron chi connectivity index (χ1n) is 10.7. The number of halogens is 2. The second-order valence-corrected chi connectivity index (χ2v) is 10.1. The predicted molar refractivity (Wildman–Crippen MR) is 123 cm³/mol. The first-order valence-corrected chi connectivity index (χ1v) is 11.1. The molecule has 1 aliphatic carbocycles. The summed E-state index contributed by atoms with van der Waals surface area (Å²) in [7, 11) is 1.77. The summed E-state index contributed by atoms with van der Waals surface area (Å²) in [6.45, 7) is 8.74. The molecule has 0 bridgehead atoms. The van der Waals surface area contributed by atoms with Gasteiger partial charge in [0.1, 0.15) is 22.4 Å². The van der Waals surface area contributed by atoms with Crippen molar-refractivity contribution in [3.63, 3.8) is 0 Å². The molecule has 0 spiro atoms. The molecule has 0 saturated heterocycles. The molecule has 6 nitrogen and oxygen atoms in total. The molecule has 1 aliphatic rings. The lowest BCUT2D eigenvalue weighted by molar-refractivity contribution is 0.0258. The molecule has 2 heterocycles. The zero-order valence-electron chi connectivity index (χ0n) is 19.1. The molecule has 1 fully saturated rings. The normalized spacial score (nSPS) is 15.1. The number of hydrogen-bond donors (Lipinski definition) is 0. The van der Waals surface area contributed by atoms with E-state index < -0.39 is 5.60 Å². The van der Waals surface area contributed by atoms with Gasteiger partial charge < -0.3 is 14.2 Å². The monoisotopic (exact) mass is 458 g/mol. The topological polar surface area (TPSA) is 60.2 Å². The van der Waals surface area contributed by atoms with Gasteiger partial charge in [0.25, 0.3) is 0 Å². The van der Waals surface area contributed by atoms with Crippen LogP contribution in [-0.4, -0.2) is 44.7 Å². The number of pyridine rings is 1. The van der Waals surface area contributed by atoms with Crippen LogP contribution in [0.1, 0.15) is 39.4 Å². The Kier molecular flexibility index (Phi) is 5.65. The van der Waals surface area contributed by atoms with Crippen LogP contribution in [0.25, 0.3) is 22.3 Å². The van der Waals surface area contributed by atoms with Crippen LogP contribution in [-0.2, 0) is 11.3 Å². The van der Waals surface area contributed by atoms with Gasteiger partial charge in [-0.3, -0.25) is 0 Å². The number of amides is 1.